The third kappa shape index (κ3) is 3.21. The second-order valence-electron chi connectivity index (χ2n) is 7.12. The van der Waals surface area contributed by atoms with E-state index in [0.29, 0.717) is 12.3 Å². The van der Waals surface area contributed by atoms with Crippen molar-refractivity contribution in [2.75, 3.05) is 6.54 Å². The number of piperidine rings is 1. The molecule has 2 heterocycles. The molecule has 2 aromatic rings. The molecule has 1 N–H and O–H groups in total. The van der Waals surface area contributed by atoms with E-state index in [-0.39, 0.29) is 11.9 Å². The second kappa shape index (κ2) is 6.38. The molecule has 1 unspecified atom stereocenters. The summed E-state index contributed by atoms with van der Waals surface area (Å²) < 4.78 is 0. The van der Waals surface area contributed by atoms with E-state index in [2.05, 4.69) is 34.2 Å². The van der Waals surface area contributed by atoms with Gasteiger partial charge in [0.05, 0.1) is 12.5 Å². The van der Waals surface area contributed by atoms with Crippen molar-refractivity contribution in [3.05, 3.63) is 47.0 Å². The molecule has 1 saturated heterocycles. The van der Waals surface area contributed by atoms with Gasteiger partial charge < -0.3 is 4.90 Å². The summed E-state index contributed by atoms with van der Waals surface area (Å²) in [6.45, 7) is 2.88. The van der Waals surface area contributed by atoms with Crippen molar-refractivity contribution in [2.24, 2.45) is 0 Å². The Bertz CT molecular complexity index is 734. The number of H-pyrrole nitrogens is 1. The van der Waals surface area contributed by atoms with Gasteiger partial charge in [-0.15, -0.1) is 0 Å². The molecule has 5 heteroatoms. The van der Waals surface area contributed by atoms with Crippen molar-refractivity contribution in [1.29, 1.82) is 0 Å². The zero-order valence-electron chi connectivity index (χ0n) is 14.2. The number of hydrogen-bond acceptors (Lipinski definition) is 3. The lowest BCUT2D eigenvalue weighted by molar-refractivity contribution is -0.134. The third-order valence-electron chi connectivity index (χ3n) is 5.04. The highest BCUT2D eigenvalue weighted by atomic mass is 16.2. The Kier molecular flexibility index (Phi) is 4.08. The highest BCUT2D eigenvalue weighted by Gasteiger charge is 2.33. The lowest BCUT2D eigenvalue weighted by Crippen LogP contribution is -2.39. The van der Waals surface area contributed by atoms with Crippen LogP contribution in [0.25, 0.3) is 0 Å². The quantitative estimate of drug-likeness (QED) is 0.939. The molecule has 5 nitrogen and oxygen atoms in total. The number of rotatable bonds is 4. The molecule has 1 saturated carbocycles. The van der Waals surface area contributed by atoms with E-state index in [1.54, 1.807) is 0 Å². The number of carbonyl (C=O) groups excluding carboxylic acids is 1. The Hall–Kier alpha value is -2.17. The Morgan fingerprint density at radius 3 is 2.96 bits per heavy atom. The summed E-state index contributed by atoms with van der Waals surface area (Å²) in [7, 11) is 0. The monoisotopic (exact) mass is 324 g/mol. The molecule has 0 radical (unpaired) electrons. The van der Waals surface area contributed by atoms with Crippen molar-refractivity contribution >= 4 is 5.91 Å². The molecule has 2 fully saturated rings. The number of aryl methyl sites for hydroxylation is 1. The summed E-state index contributed by atoms with van der Waals surface area (Å²) in [5.74, 6) is 2.53. The minimum Gasteiger partial charge on any atom is -0.332 e. The lowest BCUT2D eigenvalue weighted by Gasteiger charge is -2.34. The molecule has 1 amide bonds. The van der Waals surface area contributed by atoms with Crippen LogP contribution in [0.1, 0.15) is 66.8 Å². The zero-order chi connectivity index (χ0) is 16.5. The van der Waals surface area contributed by atoms with Crippen LogP contribution < -0.4 is 0 Å². The van der Waals surface area contributed by atoms with Gasteiger partial charge in [-0.1, -0.05) is 29.8 Å². The van der Waals surface area contributed by atoms with E-state index in [1.807, 2.05) is 17.0 Å². The number of amides is 1. The largest absolute Gasteiger partial charge is 0.332 e. The molecular weight excluding hydrogens is 300 g/mol. The molecule has 4 rings (SSSR count). The van der Waals surface area contributed by atoms with Gasteiger partial charge in [0.1, 0.15) is 5.82 Å². The smallest absolute Gasteiger partial charge is 0.227 e. The summed E-state index contributed by atoms with van der Waals surface area (Å²) in [6, 6.07) is 8.26. The van der Waals surface area contributed by atoms with Crippen LogP contribution in [0.5, 0.6) is 0 Å². The molecule has 1 aromatic carbocycles. The van der Waals surface area contributed by atoms with E-state index >= 15 is 0 Å². The van der Waals surface area contributed by atoms with Crippen LogP contribution in [0.15, 0.2) is 24.3 Å². The van der Waals surface area contributed by atoms with Gasteiger partial charge in [0.15, 0.2) is 5.82 Å². The number of aromatic amines is 1. The molecule has 1 aliphatic carbocycles. The number of likely N-dealkylation sites (tertiary alicyclic amines) is 1. The fourth-order valence-electron chi connectivity index (χ4n) is 3.57. The van der Waals surface area contributed by atoms with Crippen LogP contribution in [0.4, 0.5) is 0 Å². The Morgan fingerprint density at radius 2 is 2.17 bits per heavy atom. The molecule has 2 aliphatic rings. The van der Waals surface area contributed by atoms with Gasteiger partial charge in [-0.2, -0.15) is 5.10 Å². The molecule has 0 bridgehead atoms. The predicted octanol–water partition coefficient (Wildman–Crippen LogP) is 3.29. The average molecular weight is 324 g/mol. The zero-order valence-corrected chi connectivity index (χ0v) is 14.2. The van der Waals surface area contributed by atoms with Gasteiger partial charge in [-0.25, -0.2) is 4.98 Å². The topological polar surface area (TPSA) is 61.9 Å². The first-order valence-corrected chi connectivity index (χ1v) is 8.98. The molecule has 0 spiro atoms. The van der Waals surface area contributed by atoms with E-state index < -0.39 is 0 Å². The minimum atomic E-state index is 0.0519. The SMILES string of the molecule is Cc1cccc(CC(=O)N2CCCCC2c2nc(C3CC3)n[nH]2)c1. The van der Waals surface area contributed by atoms with Gasteiger partial charge in [0.25, 0.3) is 0 Å². The maximum absolute atomic E-state index is 12.9. The van der Waals surface area contributed by atoms with Gasteiger partial charge in [0, 0.05) is 12.5 Å². The van der Waals surface area contributed by atoms with Crippen molar-refractivity contribution in [3.63, 3.8) is 0 Å². The second-order valence-corrected chi connectivity index (χ2v) is 7.12. The summed E-state index contributed by atoms with van der Waals surface area (Å²) in [5.41, 5.74) is 2.28. The molecule has 1 aliphatic heterocycles. The van der Waals surface area contributed by atoms with Crippen molar-refractivity contribution in [1.82, 2.24) is 20.1 Å². The van der Waals surface area contributed by atoms with Crippen LogP contribution in [-0.2, 0) is 11.2 Å². The van der Waals surface area contributed by atoms with Crippen LogP contribution in [0.3, 0.4) is 0 Å². The lowest BCUT2D eigenvalue weighted by atomic mass is 10.00. The normalized spacial score (nSPS) is 21.0. The van der Waals surface area contributed by atoms with E-state index in [1.165, 1.54) is 18.4 Å². The number of nitrogens with zero attached hydrogens (tertiary/aromatic N) is 3. The Morgan fingerprint density at radius 1 is 1.29 bits per heavy atom. The highest BCUT2D eigenvalue weighted by molar-refractivity contribution is 5.79. The minimum absolute atomic E-state index is 0.0519. The van der Waals surface area contributed by atoms with Crippen LogP contribution in [-0.4, -0.2) is 32.5 Å². The molecule has 24 heavy (non-hydrogen) atoms. The Labute approximate surface area is 142 Å². The van der Waals surface area contributed by atoms with E-state index in [9.17, 15) is 4.79 Å². The van der Waals surface area contributed by atoms with Crippen LogP contribution in [0.2, 0.25) is 0 Å². The van der Waals surface area contributed by atoms with Crippen LogP contribution in [0, 0.1) is 6.92 Å². The predicted molar refractivity (Wildman–Crippen MR) is 91.5 cm³/mol. The van der Waals surface area contributed by atoms with Crippen molar-refractivity contribution in [3.8, 4) is 0 Å². The molecule has 1 atom stereocenters. The average Bonchev–Trinajstić information content (AvgIpc) is 3.32. The fraction of sp³-hybridized carbons (Fsp3) is 0.526. The van der Waals surface area contributed by atoms with Crippen molar-refractivity contribution < 1.29 is 4.79 Å². The van der Waals surface area contributed by atoms with Gasteiger partial charge in [0.2, 0.25) is 5.91 Å². The number of hydrogen-bond donors (Lipinski definition) is 1. The van der Waals surface area contributed by atoms with E-state index in [4.69, 9.17) is 0 Å². The first-order valence-electron chi connectivity index (χ1n) is 8.98. The van der Waals surface area contributed by atoms with Gasteiger partial charge in [-0.05, 0) is 44.6 Å². The number of nitrogens with one attached hydrogen (secondary N) is 1. The number of benzene rings is 1. The summed E-state index contributed by atoms with van der Waals surface area (Å²) in [6.07, 6.45) is 6.02. The van der Waals surface area contributed by atoms with Gasteiger partial charge in [-0.3, -0.25) is 9.89 Å². The standard InChI is InChI=1S/C19H24N4O/c1-13-5-4-6-14(11-13)12-17(24)23-10-3-2-7-16(23)19-20-18(21-22-19)15-8-9-15/h4-6,11,15-16H,2-3,7-10,12H2,1H3,(H,20,21,22). The molecule has 126 valence electrons. The first-order chi connectivity index (χ1) is 11.7. The number of aromatic nitrogens is 3. The van der Waals surface area contributed by atoms with E-state index in [0.717, 1.165) is 43.0 Å². The summed E-state index contributed by atoms with van der Waals surface area (Å²) in [5, 5.41) is 7.47. The van der Waals surface area contributed by atoms with Gasteiger partial charge >= 0.3 is 0 Å². The first kappa shape index (κ1) is 15.4. The maximum atomic E-state index is 12.9. The summed E-state index contributed by atoms with van der Waals surface area (Å²) >= 11 is 0. The van der Waals surface area contributed by atoms with Crippen molar-refractivity contribution in [2.45, 2.75) is 57.4 Å². The highest BCUT2D eigenvalue weighted by Crippen LogP contribution is 2.39. The third-order valence-corrected chi connectivity index (χ3v) is 5.04. The Balaban J connectivity index is 1.51. The summed E-state index contributed by atoms with van der Waals surface area (Å²) in [4.78, 5) is 19.6. The molecular formula is C19H24N4O. The maximum Gasteiger partial charge on any atom is 0.227 e. The van der Waals surface area contributed by atoms with Crippen LogP contribution >= 0.6 is 0 Å². The number of carbonyl (C=O) groups is 1. The molecule has 1 aromatic heterocycles. The fourth-order valence-corrected chi connectivity index (χ4v) is 3.57.